The number of benzene rings is 2. The average Bonchev–Trinajstić information content (AvgIpc) is 2.81. The second-order valence-corrected chi connectivity index (χ2v) is 7.99. The SMILES string of the molecule is CN(C(=O)CCc1cccc(F)c1Cl)[C@H](COC(=O)Nc1cc2ccccc2cn1)CC(=O)O. The van der Waals surface area contributed by atoms with Crippen LogP contribution < -0.4 is 5.32 Å². The van der Waals surface area contributed by atoms with Crippen molar-refractivity contribution in [3.8, 4) is 0 Å². The minimum Gasteiger partial charge on any atom is -0.481 e. The molecule has 1 heterocycles. The van der Waals surface area contributed by atoms with E-state index in [0.29, 0.717) is 5.56 Å². The molecule has 0 radical (unpaired) electrons. The molecule has 0 spiro atoms. The molecule has 0 saturated carbocycles. The number of nitrogens with zero attached hydrogens (tertiary/aromatic N) is 2. The number of rotatable bonds is 9. The van der Waals surface area contributed by atoms with Crippen molar-refractivity contribution < 1.29 is 28.6 Å². The fourth-order valence-electron chi connectivity index (χ4n) is 3.34. The fraction of sp³-hybridized carbons (Fsp3) is 0.250. The van der Waals surface area contributed by atoms with Crippen molar-refractivity contribution in [1.82, 2.24) is 9.88 Å². The van der Waals surface area contributed by atoms with Crippen molar-refractivity contribution in [3.63, 3.8) is 0 Å². The number of nitrogens with one attached hydrogen (secondary N) is 1. The number of carbonyl (C=O) groups excluding carboxylic acids is 2. The van der Waals surface area contributed by atoms with Crippen LogP contribution >= 0.6 is 11.6 Å². The maximum absolute atomic E-state index is 13.6. The average molecular weight is 488 g/mol. The number of hydrogen-bond acceptors (Lipinski definition) is 5. The Hall–Kier alpha value is -3.72. The van der Waals surface area contributed by atoms with E-state index in [2.05, 4.69) is 10.3 Å². The number of aromatic nitrogens is 1. The molecular weight excluding hydrogens is 465 g/mol. The number of carbonyl (C=O) groups is 3. The molecule has 1 atom stereocenters. The third kappa shape index (κ3) is 6.64. The molecule has 0 unspecified atom stereocenters. The number of pyridine rings is 1. The summed E-state index contributed by atoms with van der Waals surface area (Å²) >= 11 is 5.92. The number of amides is 2. The summed E-state index contributed by atoms with van der Waals surface area (Å²) in [6.07, 6.45) is 0.503. The molecule has 0 bridgehead atoms. The lowest BCUT2D eigenvalue weighted by Gasteiger charge is -2.27. The summed E-state index contributed by atoms with van der Waals surface area (Å²) in [7, 11) is 1.43. The molecule has 3 aromatic rings. The second kappa shape index (κ2) is 11.4. The third-order valence-electron chi connectivity index (χ3n) is 5.26. The van der Waals surface area contributed by atoms with Crippen LogP contribution in [0.5, 0.6) is 0 Å². The van der Waals surface area contributed by atoms with E-state index in [-0.39, 0.29) is 30.3 Å². The number of hydrogen-bond donors (Lipinski definition) is 2. The van der Waals surface area contributed by atoms with Gasteiger partial charge in [0.25, 0.3) is 0 Å². The second-order valence-electron chi connectivity index (χ2n) is 7.61. The van der Waals surface area contributed by atoms with Crippen LogP contribution in [0.3, 0.4) is 0 Å². The van der Waals surface area contributed by atoms with E-state index in [4.69, 9.17) is 16.3 Å². The van der Waals surface area contributed by atoms with Crippen LogP contribution in [0.15, 0.2) is 54.7 Å². The molecule has 0 aliphatic carbocycles. The molecule has 0 aliphatic rings. The van der Waals surface area contributed by atoms with E-state index in [9.17, 15) is 23.9 Å². The first kappa shape index (κ1) is 24.9. The lowest BCUT2D eigenvalue weighted by molar-refractivity contribution is -0.141. The van der Waals surface area contributed by atoms with E-state index in [1.165, 1.54) is 24.1 Å². The van der Waals surface area contributed by atoms with E-state index < -0.39 is 36.2 Å². The van der Waals surface area contributed by atoms with Gasteiger partial charge in [0.2, 0.25) is 5.91 Å². The van der Waals surface area contributed by atoms with Crippen LogP contribution in [0.1, 0.15) is 18.4 Å². The molecule has 8 nitrogen and oxygen atoms in total. The van der Waals surface area contributed by atoms with E-state index in [0.717, 1.165) is 10.8 Å². The number of anilines is 1. The Kier molecular flexibility index (Phi) is 8.37. The molecule has 0 saturated heterocycles. The van der Waals surface area contributed by atoms with Gasteiger partial charge in [0, 0.05) is 25.1 Å². The van der Waals surface area contributed by atoms with Gasteiger partial charge in [0.05, 0.1) is 17.5 Å². The van der Waals surface area contributed by atoms with Crippen LogP contribution in [0, 0.1) is 5.82 Å². The summed E-state index contributed by atoms with van der Waals surface area (Å²) in [5.41, 5.74) is 0.469. The largest absolute Gasteiger partial charge is 0.481 e. The molecule has 2 N–H and O–H groups in total. The summed E-state index contributed by atoms with van der Waals surface area (Å²) < 4.78 is 18.8. The van der Waals surface area contributed by atoms with Gasteiger partial charge < -0.3 is 14.7 Å². The summed E-state index contributed by atoms with van der Waals surface area (Å²) in [5, 5.41) is 13.5. The summed E-state index contributed by atoms with van der Waals surface area (Å²) in [5.74, 6) is -1.86. The number of aryl methyl sites for hydroxylation is 1. The Bertz CT molecular complexity index is 1210. The topological polar surface area (TPSA) is 109 Å². The van der Waals surface area contributed by atoms with Gasteiger partial charge in [-0.05, 0) is 29.5 Å². The summed E-state index contributed by atoms with van der Waals surface area (Å²) in [6.45, 7) is -0.339. The molecule has 0 fully saturated rings. The van der Waals surface area contributed by atoms with Gasteiger partial charge >= 0.3 is 12.1 Å². The Morgan fingerprint density at radius 3 is 2.65 bits per heavy atom. The van der Waals surface area contributed by atoms with Gasteiger partial charge in [-0.3, -0.25) is 14.9 Å². The molecule has 2 aromatic carbocycles. The number of carboxylic acids is 1. The van der Waals surface area contributed by atoms with E-state index >= 15 is 0 Å². The number of fused-ring (bicyclic) bond motifs is 1. The third-order valence-corrected chi connectivity index (χ3v) is 5.68. The van der Waals surface area contributed by atoms with Crippen molar-refractivity contribution >= 4 is 46.2 Å². The normalized spacial score (nSPS) is 11.6. The quantitative estimate of drug-likeness (QED) is 0.459. The Morgan fingerprint density at radius 1 is 1.18 bits per heavy atom. The Balaban J connectivity index is 1.57. The van der Waals surface area contributed by atoms with Crippen molar-refractivity contribution in [2.75, 3.05) is 19.0 Å². The molecule has 3 rings (SSSR count). The zero-order chi connectivity index (χ0) is 24.7. The Morgan fingerprint density at radius 2 is 1.91 bits per heavy atom. The summed E-state index contributed by atoms with van der Waals surface area (Å²) in [4.78, 5) is 41.5. The number of ether oxygens (including phenoxy) is 1. The van der Waals surface area contributed by atoms with Gasteiger partial charge in [0.15, 0.2) is 0 Å². The number of halogens is 2. The van der Waals surface area contributed by atoms with Crippen molar-refractivity contribution in [3.05, 3.63) is 71.1 Å². The van der Waals surface area contributed by atoms with Crippen LogP contribution in [0.2, 0.25) is 5.02 Å². The first-order valence-corrected chi connectivity index (χ1v) is 10.8. The minimum atomic E-state index is -1.15. The monoisotopic (exact) mass is 487 g/mol. The minimum absolute atomic E-state index is 0.0248. The molecule has 34 heavy (non-hydrogen) atoms. The maximum atomic E-state index is 13.6. The molecule has 178 valence electrons. The highest BCUT2D eigenvalue weighted by Crippen LogP contribution is 2.21. The van der Waals surface area contributed by atoms with E-state index in [1.54, 1.807) is 18.3 Å². The smallest absolute Gasteiger partial charge is 0.412 e. The highest BCUT2D eigenvalue weighted by molar-refractivity contribution is 6.31. The first-order chi connectivity index (χ1) is 16.2. The lowest BCUT2D eigenvalue weighted by atomic mass is 10.1. The predicted molar refractivity (Wildman–Crippen MR) is 125 cm³/mol. The van der Waals surface area contributed by atoms with Gasteiger partial charge in [0.1, 0.15) is 18.2 Å². The van der Waals surface area contributed by atoms with Crippen LogP contribution in [-0.2, 0) is 20.7 Å². The maximum Gasteiger partial charge on any atom is 0.412 e. The van der Waals surface area contributed by atoms with Crippen molar-refractivity contribution in [2.45, 2.75) is 25.3 Å². The van der Waals surface area contributed by atoms with Gasteiger partial charge in [-0.25, -0.2) is 14.2 Å². The number of likely N-dealkylation sites (N-methyl/N-ethyl adjacent to an activating group) is 1. The van der Waals surface area contributed by atoms with Gasteiger partial charge in [-0.15, -0.1) is 0 Å². The van der Waals surface area contributed by atoms with Crippen LogP contribution in [0.4, 0.5) is 15.0 Å². The first-order valence-electron chi connectivity index (χ1n) is 10.4. The summed E-state index contributed by atoms with van der Waals surface area (Å²) in [6, 6.07) is 12.6. The standard InChI is InChI=1S/C24H23ClFN3O5/c1-29(21(30)10-9-15-7-4-8-19(26)23(15)25)18(12-22(31)32)14-34-24(33)28-20-11-16-5-2-3-6-17(16)13-27-20/h2-8,11,13,18H,9-10,12,14H2,1H3,(H,31,32)(H,27,28,33)/t18-/m0/s1. The highest BCUT2D eigenvalue weighted by Gasteiger charge is 2.24. The Labute approximate surface area is 200 Å². The van der Waals surface area contributed by atoms with Crippen molar-refractivity contribution in [2.24, 2.45) is 0 Å². The molecule has 2 amide bonds. The lowest BCUT2D eigenvalue weighted by Crippen LogP contribution is -2.42. The molecule has 1 aromatic heterocycles. The van der Waals surface area contributed by atoms with Gasteiger partial charge in [-0.2, -0.15) is 0 Å². The van der Waals surface area contributed by atoms with Crippen molar-refractivity contribution in [1.29, 1.82) is 0 Å². The zero-order valence-electron chi connectivity index (χ0n) is 18.3. The van der Waals surface area contributed by atoms with Crippen LogP contribution in [-0.4, -0.2) is 52.7 Å². The molecule has 0 aliphatic heterocycles. The van der Waals surface area contributed by atoms with Gasteiger partial charge in [-0.1, -0.05) is 48.0 Å². The van der Waals surface area contributed by atoms with E-state index in [1.807, 2.05) is 24.3 Å². The molecule has 10 heteroatoms. The van der Waals surface area contributed by atoms with Crippen LogP contribution in [0.25, 0.3) is 10.8 Å². The fourth-order valence-corrected chi connectivity index (χ4v) is 3.56. The highest BCUT2D eigenvalue weighted by atomic mass is 35.5. The zero-order valence-corrected chi connectivity index (χ0v) is 19.1. The molecular formula is C24H23ClFN3O5. The number of aliphatic carboxylic acids is 1. The predicted octanol–water partition coefficient (Wildman–Crippen LogP) is 4.51. The number of carboxylic acid groups (broad SMARTS) is 1.